The van der Waals surface area contributed by atoms with Crippen LogP contribution in [0.2, 0.25) is 0 Å². The van der Waals surface area contributed by atoms with Crippen molar-refractivity contribution in [2.24, 2.45) is 0 Å². The molecule has 0 saturated carbocycles. The first-order valence-corrected chi connectivity index (χ1v) is 8.84. The van der Waals surface area contributed by atoms with Crippen LogP contribution in [-0.4, -0.2) is 122 Å². The van der Waals surface area contributed by atoms with Gasteiger partial charge in [0.2, 0.25) is 5.91 Å². The van der Waals surface area contributed by atoms with Gasteiger partial charge < -0.3 is 30.8 Å². The van der Waals surface area contributed by atoms with Gasteiger partial charge in [0.05, 0.1) is 26.2 Å². The predicted octanol–water partition coefficient (Wildman–Crippen LogP) is -8.56. The van der Waals surface area contributed by atoms with Crippen LogP contribution in [0, 0.1) is 0 Å². The Labute approximate surface area is 233 Å². The van der Waals surface area contributed by atoms with Gasteiger partial charge >= 0.3 is 89.0 Å². The second-order valence-electron chi connectivity index (χ2n) is 5.77. The van der Waals surface area contributed by atoms with Gasteiger partial charge in [-0.05, 0) is 0 Å². The van der Waals surface area contributed by atoms with Crippen LogP contribution in [-0.2, 0) is 28.8 Å². The van der Waals surface area contributed by atoms with Crippen LogP contribution in [0.5, 0.6) is 0 Å². The molecule has 0 aliphatic heterocycles. The minimum atomic E-state index is -1.23. The number of carboxylic acid groups (broad SMARTS) is 5. The zero-order chi connectivity index (χ0) is 23.9. The van der Waals surface area contributed by atoms with Gasteiger partial charge in [0.1, 0.15) is 6.04 Å². The average molecular weight is 501 g/mol. The fourth-order valence-corrected chi connectivity index (χ4v) is 2.15. The van der Waals surface area contributed by atoms with E-state index in [1.165, 1.54) is 6.92 Å². The number of nitrogens with zero attached hydrogens (tertiary/aromatic N) is 2. The summed E-state index contributed by atoms with van der Waals surface area (Å²) in [5, 5.41) is 45.0. The Kier molecular flexibility index (Phi) is 26.3. The number of aliphatic carboxylic acids is 5. The van der Waals surface area contributed by atoms with Crippen LogP contribution in [0.3, 0.4) is 0 Å². The summed E-state index contributed by atoms with van der Waals surface area (Å²) in [7, 11) is 0. The van der Waals surface area contributed by atoms with Gasteiger partial charge in [0.25, 0.3) is 0 Å². The molecule has 0 radical (unpaired) electrons. The standard InChI is InChI=1S/C10H16N2O8.C5H9NO3S.2Na/c13-7(14)3-11(4-8(15)16)1-2-12(5-9(17)18)6-10(19)20;1-3(7)6-4(2-10)5(8)9;;/h1-6H2,(H,13,14)(H,15,16)(H,17,18)(H,19,20);4,10H,2H2,1H3,(H,6,7)(H,8,9);;/q;;2*+1/t;4-;;/m.0../s1. The fourth-order valence-electron chi connectivity index (χ4n) is 1.91. The van der Waals surface area contributed by atoms with Crippen LogP contribution in [0.15, 0.2) is 0 Å². The van der Waals surface area contributed by atoms with E-state index in [2.05, 4.69) is 17.9 Å². The van der Waals surface area contributed by atoms with E-state index >= 15 is 0 Å². The maximum atomic E-state index is 10.6. The molecule has 0 unspecified atom stereocenters. The van der Waals surface area contributed by atoms with E-state index in [4.69, 9.17) is 25.5 Å². The van der Waals surface area contributed by atoms with Crippen molar-refractivity contribution in [2.75, 3.05) is 45.0 Å². The Hall–Kier alpha value is -0.910. The van der Waals surface area contributed by atoms with E-state index in [0.29, 0.717) is 0 Å². The summed E-state index contributed by atoms with van der Waals surface area (Å²) < 4.78 is 0. The van der Waals surface area contributed by atoms with Gasteiger partial charge in [0, 0.05) is 25.8 Å². The van der Waals surface area contributed by atoms with Gasteiger partial charge in [-0.15, -0.1) is 0 Å². The maximum Gasteiger partial charge on any atom is 1.00 e. The monoisotopic (exact) mass is 501 g/mol. The molecule has 0 aliphatic rings. The van der Waals surface area contributed by atoms with Crippen LogP contribution in [0.1, 0.15) is 6.92 Å². The number of carboxylic acids is 5. The van der Waals surface area contributed by atoms with E-state index in [0.717, 1.165) is 9.80 Å². The predicted molar refractivity (Wildman–Crippen MR) is 103 cm³/mol. The fraction of sp³-hybridized carbons (Fsp3) is 0.600. The average Bonchev–Trinajstić information content (AvgIpc) is 2.55. The number of hydrogen-bond acceptors (Lipinski definition) is 9. The van der Waals surface area contributed by atoms with Crippen molar-refractivity contribution >= 4 is 48.4 Å². The minimum absolute atomic E-state index is 0. The molecule has 0 aromatic rings. The molecule has 1 amide bonds. The molecule has 0 spiro atoms. The number of rotatable bonds is 14. The molecule has 0 aliphatic carbocycles. The molecule has 17 heteroatoms. The summed E-state index contributed by atoms with van der Waals surface area (Å²) >= 11 is 3.73. The van der Waals surface area contributed by atoms with Crippen molar-refractivity contribution in [3.8, 4) is 0 Å². The van der Waals surface area contributed by atoms with E-state index in [-0.39, 0.29) is 83.9 Å². The first-order valence-electron chi connectivity index (χ1n) is 8.21. The van der Waals surface area contributed by atoms with Crippen molar-refractivity contribution in [3.63, 3.8) is 0 Å². The Bertz CT molecular complexity index is 572. The molecule has 0 aromatic carbocycles. The number of nitrogens with one attached hydrogen (secondary N) is 1. The number of thiol groups is 1. The summed E-state index contributed by atoms with van der Waals surface area (Å²) in [5.74, 6) is -6.23. The van der Waals surface area contributed by atoms with Crippen molar-refractivity contribution in [2.45, 2.75) is 13.0 Å². The first-order chi connectivity index (χ1) is 13.8. The van der Waals surface area contributed by atoms with Crippen LogP contribution in [0.4, 0.5) is 0 Å². The Balaban J connectivity index is -0.000000279. The summed E-state index contributed by atoms with van der Waals surface area (Å²) in [6.45, 7) is -0.987. The quantitative estimate of drug-likeness (QED) is 0.0869. The maximum absolute atomic E-state index is 10.6. The molecule has 0 fully saturated rings. The molecule has 172 valence electrons. The van der Waals surface area contributed by atoms with Gasteiger partial charge in [-0.25, -0.2) is 4.79 Å². The van der Waals surface area contributed by atoms with Gasteiger partial charge in [-0.3, -0.25) is 33.8 Å². The van der Waals surface area contributed by atoms with E-state index in [9.17, 15) is 28.8 Å². The van der Waals surface area contributed by atoms with Crippen molar-refractivity contribution < 1.29 is 113 Å². The molecule has 0 bridgehead atoms. The first kappa shape index (κ1) is 38.4. The van der Waals surface area contributed by atoms with Crippen molar-refractivity contribution in [1.29, 1.82) is 0 Å². The van der Waals surface area contributed by atoms with Crippen LogP contribution in [0.25, 0.3) is 0 Å². The van der Waals surface area contributed by atoms with Crippen LogP contribution >= 0.6 is 12.6 Å². The third kappa shape index (κ3) is 25.4. The van der Waals surface area contributed by atoms with Gasteiger partial charge in [-0.2, -0.15) is 12.6 Å². The Morgan fingerprint density at radius 3 is 1.12 bits per heavy atom. The van der Waals surface area contributed by atoms with Crippen molar-refractivity contribution in [3.05, 3.63) is 0 Å². The summed E-state index contributed by atoms with van der Waals surface area (Å²) in [6.07, 6.45) is 0. The number of amides is 1. The number of carbonyl (C=O) groups is 6. The summed E-state index contributed by atoms with van der Waals surface area (Å²) in [6, 6.07) is -0.874. The number of carbonyl (C=O) groups excluding carboxylic acids is 1. The molecule has 0 rings (SSSR count). The molecule has 1 atom stereocenters. The zero-order valence-electron chi connectivity index (χ0n) is 18.1. The SMILES string of the molecule is CC(=O)N[C@@H](CS)C(=O)O.O=C(O)CN(CCN(CC(=O)O)CC(=O)O)CC(=O)O.[Na+].[Na+]. The van der Waals surface area contributed by atoms with Gasteiger partial charge in [-0.1, -0.05) is 0 Å². The topological polar surface area (TPSA) is 222 Å². The molecule has 0 heterocycles. The normalized spacial score (nSPS) is 10.5. The molecule has 6 N–H and O–H groups in total. The zero-order valence-corrected chi connectivity index (χ0v) is 22.9. The minimum Gasteiger partial charge on any atom is -0.480 e. The van der Waals surface area contributed by atoms with Crippen molar-refractivity contribution in [1.82, 2.24) is 15.1 Å². The second-order valence-corrected chi connectivity index (χ2v) is 6.14. The van der Waals surface area contributed by atoms with Gasteiger partial charge in [0.15, 0.2) is 0 Å². The second kappa shape index (κ2) is 21.9. The Morgan fingerprint density at radius 2 is 1.00 bits per heavy atom. The smallest absolute Gasteiger partial charge is 0.480 e. The summed E-state index contributed by atoms with van der Waals surface area (Å²) in [5.41, 5.74) is 0. The third-order valence-electron chi connectivity index (χ3n) is 3.03. The largest absolute Gasteiger partial charge is 1.00 e. The number of hydrogen-bond donors (Lipinski definition) is 7. The molecular formula is C15H25N3Na2O11S+2. The molecular weight excluding hydrogens is 476 g/mol. The molecule has 0 saturated heterocycles. The summed E-state index contributed by atoms with van der Waals surface area (Å²) in [4.78, 5) is 64.9. The van der Waals surface area contributed by atoms with E-state index < -0.39 is 62.1 Å². The Morgan fingerprint density at radius 1 is 0.719 bits per heavy atom. The van der Waals surface area contributed by atoms with Crippen LogP contribution < -0.4 is 64.4 Å². The molecule has 0 aromatic heterocycles. The third-order valence-corrected chi connectivity index (χ3v) is 3.39. The van der Waals surface area contributed by atoms with E-state index in [1.54, 1.807) is 0 Å². The molecule has 14 nitrogen and oxygen atoms in total. The van der Waals surface area contributed by atoms with E-state index in [1.807, 2.05) is 0 Å². The molecule has 32 heavy (non-hydrogen) atoms.